The van der Waals surface area contributed by atoms with Crippen molar-refractivity contribution >= 4 is 35.3 Å². The number of nitrogens with one attached hydrogen (secondary N) is 3. The molecule has 1 saturated heterocycles. The van der Waals surface area contributed by atoms with E-state index in [9.17, 15) is 24.0 Å². The SMILES string of the molecule is COc1ccc(CN2C(=O)c3ccccc3C2=O)cc1C(=O)Nc1cccc(C2(C)NC(=O)NC2=O)c1. The smallest absolute Gasteiger partial charge is 0.322 e. The van der Waals surface area contributed by atoms with Crippen molar-refractivity contribution < 1.29 is 28.7 Å². The highest BCUT2D eigenvalue weighted by Crippen LogP contribution is 2.29. The maximum Gasteiger partial charge on any atom is 0.322 e. The Balaban J connectivity index is 1.38. The first-order valence-corrected chi connectivity index (χ1v) is 11.4. The number of fused-ring (bicyclic) bond motifs is 1. The standard InChI is InChI=1S/C27H22N4O6/c1-27(25(35)29-26(36)30-27)16-6-5-7-17(13-16)28-22(32)20-12-15(10-11-21(20)37-2)14-31-23(33)18-8-3-4-9-19(18)24(31)34/h3-13H,14H2,1-2H3,(H,28,32)(H2,29,30,35,36). The van der Waals surface area contributed by atoms with Crippen molar-refractivity contribution in [2.45, 2.75) is 19.0 Å². The maximum atomic E-state index is 13.2. The predicted molar refractivity (Wildman–Crippen MR) is 132 cm³/mol. The van der Waals surface area contributed by atoms with Gasteiger partial charge < -0.3 is 15.4 Å². The molecule has 0 radical (unpaired) electrons. The fourth-order valence-electron chi connectivity index (χ4n) is 4.45. The molecular weight excluding hydrogens is 476 g/mol. The van der Waals surface area contributed by atoms with Crippen molar-refractivity contribution in [2.24, 2.45) is 0 Å². The number of carbonyl (C=O) groups is 5. The third-order valence-corrected chi connectivity index (χ3v) is 6.47. The van der Waals surface area contributed by atoms with Crippen LogP contribution in [0.25, 0.3) is 0 Å². The van der Waals surface area contributed by atoms with Crippen LogP contribution in [-0.4, -0.2) is 41.7 Å². The van der Waals surface area contributed by atoms with Crippen molar-refractivity contribution in [1.29, 1.82) is 0 Å². The second kappa shape index (κ2) is 8.90. The molecule has 6 amide bonds. The van der Waals surface area contributed by atoms with Crippen molar-refractivity contribution in [3.8, 4) is 5.75 Å². The molecule has 186 valence electrons. The lowest BCUT2D eigenvalue weighted by Crippen LogP contribution is -2.40. The van der Waals surface area contributed by atoms with Crippen LogP contribution in [0.1, 0.15) is 49.1 Å². The van der Waals surface area contributed by atoms with Crippen LogP contribution in [0.3, 0.4) is 0 Å². The molecule has 37 heavy (non-hydrogen) atoms. The van der Waals surface area contributed by atoms with Crippen LogP contribution in [0.5, 0.6) is 5.75 Å². The van der Waals surface area contributed by atoms with E-state index in [0.29, 0.717) is 33.7 Å². The summed E-state index contributed by atoms with van der Waals surface area (Å²) in [6.45, 7) is 1.55. The summed E-state index contributed by atoms with van der Waals surface area (Å²) < 4.78 is 5.36. The molecule has 0 bridgehead atoms. The van der Waals surface area contributed by atoms with E-state index >= 15 is 0 Å². The third-order valence-electron chi connectivity index (χ3n) is 6.47. The number of hydrogen-bond acceptors (Lipinski definition) is 6. The second-order valence-corrected chi connectivity index (χ2v) is 8.84. The van der Waals surface area contributed by atoms with Gasteiger partial charge in [0.15, 0.2) is 0 Å². The van der Waals surface area contributed by atoms with Crippen LogP contribution < -0.4 is 20.7 Å². The van der Waals surface area contributed by atoms with E-state index in [2.05, 4.69) is 16.0 Å². The molecule has 0 saturated carbocycles. The number of benzene rings is 3. The molecule has 3 aromatic rings. The summed E-state index contributed by atoms with van der Waals surface area (Å²) in [5.74, 6) is -1.48. The van der Waals surface area contributed by atoms with Gasteiger partial charge in [-0.3, -0.25) is 29.4 Å². The second-order valence-electron chi connectivity index (χ2n) is 8.84. The van der Waals surface area contributed by atoms with Crippen molar-refractivity contribution in [1.82, 2.24) is 15.5 Å². The first kappa shape index (κ1) is 23.7. The van der Waals surface area contributed by atoms with E-state index in [0.717, 1.165) is 4.90 Å². The number of imide groups is 2. The molecule has 1 unspecified atom stereocenters. The quantitative estimate of drug-likeness (QED) is 0.354. The lowest BCUT2D eigenvalue weighted by molar-refractivity contribution is -0.123. The number of methoxy groups -OCH3 is 1. The van der Waals surface area contributed by atoms with Gasteiger partial charge in [0.2, 0.25) is 0 Å². The number of amides is 6. The van der Waals surface area contributed by atoms with Crippen LogP contribution in [-0.2, 0) is 16.9 Å². The monoisotopic (exact) mass is 498 g/mol. The van der Waals surface area contributed by atoms with Gasteiger partial charge in [0.1, 0.15) is 11.3 Å². The summed E-state index contributed by atoms with van der Waals surface area (Å²) in [5, 5.41) is 7.58. The zero-order chi connectivity index (χ0) is 26.3. The Morgan fingerprint density at radius 3 is 2.27 bits per heavy atom. The van der Waals surface area contributed by atoms with Gasteiger partial charge in [-0.1, -0.05) is 30.3 Å². The van der Waals surface area contributed by atoms with Crippen LogP contribution in [0.2, 0.25) is 0 Å². The lowest BCUT2D eigenvalue weighted by Gasteiger charge is -2.22. The van der Waals surface area contributed by atoms with Gasteiger partial charge in [0.05, 0.1) is 30.3 Å². The normalized spacial score (nSPS) is 18.4. The molecule has 10 nitrogen and oxygen atoms in total. The predicted octanol–water partition coefficient (Wildman–Crippen LogP) is 2.80. The van der Waals surface area contributed by atoms with Gasteiger partial charge >= 0.3 is 6.03 Å². The maximum absolute atomic E-state index is 13.2. The van der Waals surface area contributed by atoms with Crippen molar-refractivity contribution in [2.75, 3.05) is 12.4 Å². The average molecular weight is 498 g/mol. The highest BCUT2D eigenvalue weighted by molar-refractivity contribution is 6.21. The van der Waals surface area contributed by atoms with Gasteiger partial charge in [-0.15, -0.1) is 0 Å². The van der Waals surface area contributed by atoms with Crippen LogP contribution in [0.15, 0.2) is 66.7 Å². The van der Waals surface area contributed by atoms with E-state index in [1.54, 1.807) is 73.7 Å². The van der Waals surface area contributed by atoms with Gasteiger partial charge in [-0.25, -0.2) is 4.79 Å². The molecular formula is C27H22N4O6. The molecule has 1 atom stereocenters. The Morgan fingerprint density at radius 2 is 1.65 bits per heavy atom. The van der Waals surface area contributed by atoms with Gasteiger partial charge in [0.25, 0.3) is 23.6 Å². The fourth-order valence-corrected chi connectivity index (χ4v) is 4.45. The van der Waals surface area contributed by atoms with Gasteiger partial charge in [-0.2, -0.15) is 0 Å². The van der Waals surface area contributed by atoms with Crippen LogP contribution in [0.4, 0.5) is 10.5 Å². The molecule has 2 heterocycles. The summed E-state index contributed by atoms with van der Waals surface area (Å²) in [7, 11) is 1.43. The Morgan fingerprint density at radius 1 is 0.946 bits per heavy atom. The molecule has 10 heteroatoms. The van der Waals surface area contributed by atoms with E-state index in [-0.39, 0.29) is 12.1 Å². The molecule has 0 spiro atoms. The Labute approximate surface area is 211 Å². The highest BCUT2D eigenvalue weighted by atomic mass is 16.5. The summed E-state index contributed by atoms with van der Waals surface area (Å²) in [5.41, 5.74) is 1.05. The fraction of sp³-hybridized carbons (Fsp3) is 0.148. The van der Waals surface area contributed by atoms with E-state index in [4.69, 9.17) is 4.74 Å². The van der Waals surface area contributed by atoms with Crippen LogP contribution in [0, 0.1) is 0 Å². The topological polar surface area (TPSA) is 134 Å². The summed E-state index contributed by atoms with van der Waals surface area (Å²) in [6.07, 6.45) is 0. The molecule has 0 aliphatic carbocycles. The zero-order valence-electron chi connectivity index (χ0n) is 20.0. The van der Waals surface area contributed by atoms with E-state index < -0.39 is 35.2 Å². The van der Waals surface area contributed by atoms with Gasteiger partial charge in [-0.05, 0) is 54.4 Å². The molecule has 0 aromatic heterocycles. The molecule has 3 aromatic carbocycles. The Kier molecular flexibility index (Phi) is 5.71. The number of hydrogen-bond donors (Lipinski definition) is 3. The van der Waals surface area contributed by atoms with Gasteiger partial charge in [0, 0.05) is 5.69 Å². The van der Waals surface area contributed by atoms with Crippen molar-refractivity contribution in [3.63, 3.8) is 0 Å². The Hall–Kier alpha value is -4.99. The highest BCUT2D eigenvalue weighted by Gasteiger charge is 2.43. The minimum Gasteiger partial charge on any atom is -0.496 e. The number of rotatable bonds is 6. The number of anilines is 1. The number of urea groups is 1. The van der Waals surface area contributed by atoms with E-state index in [1.165, 1.54) is 7.11 Å². The molecule has 1 fully saturated rings. The third kappa shape index (κ3) is 4.08. The molecule has 2 aliphatic heterocycles. The molecule has 2 aliphatic rings. The average Bonchev–Trinajstić information content (AvgIpc) is 3.30. The zero-order valence-corrected chi connectivity index (χ0v) is 20.0. The minimum absolute atomic E-state index is 0.0146. The first-order chi connectivity index (χ1) is 17.7. The number of ether oxygens (including phenoxy) is 1. The Bertz CT molecular complexity index is 1460. The van der Waals surface area contributed by atoms with Crippen molar-refractivity contribution in [3.05, 3.63) is 94.5 Å². The number of carbonyl (C=O) groups excluding carboxylic acids is 5. The minimum atomic E-state index is -1.28. The number of nitrogens with zero attached hydrogens (tertiary/aromatic N) is 1. The van der Waals surface area contributed by atoms with E-state index in [1.807, 2.05) is 0 Å². The summed E-state index contributed by atoms with van der Waals surface area (Å²) >= 11 is 0. The molecule has 3 N–H and O–H groups in total. The molecule has 5 rings (SSSR count). The van der Waals surface area contributed by atoms with Crippen LogP contribution >= 0.6 is 0 Å². The summed E-state index contributed by atoms with van der Waals surface area (Å²) in [4.78, 5) is 63.8. The lowest BCUT2D eigenvalue weighted by atomic mass is 9.92. The first-order valence-electron chi connectivity index (χ1n) is 11.4. The largest absolute Gasteiger partial charge is 0.496 e. The summed E-state index contributed by atoms with van der Waals surface area (Å²) in [6, 6.07) is 17.4.